The van der Waals surface area contributed by atoms with Gasteiger partial charge in [-0.05, 0) is 45.6 Å². The normalized spacial score (nSPS) is 29.3. The molecule has 1 aromatic rings. The number of aromatic nitrogens is 1. The van der Waals surface area contributed by atoms with E-state index in [0.717, 1.165) is 45.6 Å². The standard InChI is InChI=1S/C18H28N4OS/c1-21-10-11-22(13-18(21)7-6-16(23)19-9-8-18)12-17-20-14-4-2-3-5-15(14)24-17/h2-13H2,1H3,(H,19,23)/t18-/m0/s1. The third-order valence-electron chi connectivity index (χ3n) is 6.06. The molecular formula is C18H28N4OS. The van der Waals surface area contributed by atoms with Gasteiger partial charge < -0.3 is 5.32 Å². The van der Waals surface area contributed by atoms with E-state index < -0.39 is 0 Å². The van der Waals surface area contributed by atoms with Gasteiger partial charge in [-0.25, -0.2) is 4.98 Å². The molecule has 0 radical (unpaired) electrons. The lowest BCUT2D eigenvalue weighted by molar-refractivity contribution is -0.121. The van der Waals surface area contributed by atoms with Crippen LogP contribution in [0.25, 0.3) is 0 Å². The lowest BCUT2D eigenvalue weighted by Gasteiger charge is -2.49. The minimum absolute atomic E-state index is 0.147. The Bertz CT molecular complexity index is 593. The minimum Gasteiger partial charge on any atom is -0.356 e. The highest BCUT2D eigenvalue weighted by atomic mass is 32.1. The van der Waals surface area contributed by atoms with Gasteiger partial charge in [-0.3, -0.25) is 14.6 Å². The smallest absolute Gasteiger partial charge is 0.220 e. The van der Waals surface area contributed by atoms with Crippen molar-refractivity contribution in [3.8, 4) is 0 Å². The molecule has 1 amide bonds. The van der Waals surface area contributed by atoms with Crippen LogP contribution in [0.1, 0.15) is 47.7 Å². The number of amides is 1. The first-order valence-electron chi connectivity index (χ1n) is 9.32. The fourth-order valence-corrected chi connectivity index (χ4v) is 5.68. The molecule has 5 nitrogen and oxygen atoms in total. The van der Waals surface area contributed by atoms with Gasteiger partial charge in [0.25, 0.3) is 0 Å². The molecule has 1 spiro atoms. The maximum atomic E-state index is 11.7. The Balaban J connectivity index is 1.46. The molecule has 1 N–H and O–H groups in total. The number of hydrogen-bond donors (Lipinski definition) is 1. The second kappa shape index (κ2) is 6.73. The van der Waals surface area contributed by atoms with Crippen LogP contribution in [0.5, 0.6) is 0 Å². The summed E-state index contributed by atoms with van der Waals surface area (Å²) in [5.41, 5.74) is 1.52. The first-order chi connectivity index (χ1) is 11.6. The van der Waals surface area contributed by atoms with Crippen LogP contribution >= 0.6 is 11.3 Å². The molecule has 6 heteroatoms. The second-order valence-corrected chi connectivity index (χ2v) is 8.81. The maximum absolute atomic E-state index is 11.7. The van der Waals surface area contributed by atoms with Gasteiger partial charge in [-0.15, -0.1) is 11.3 Å². The number of fused-ring (bicyclic) bond motifs is 1. The van der Waals surface area contributed by atoms with Gasteiger partial charge in [0, 0.05) is 43.0 Å². The highest BCUT2D eigenvalue weighted by molar-refractivity contribution is 7.11. The van der Waals surface area contributed by atoms with Gasteiger partial charge in [0.05, 0.1) is 12.2 Å². The Morgan fingerprint density at radius 2 is 2.08 bits per heavy atom. The first kappa shape index (κ1) is 16.5. The summed E-state index contributed by atoms with van der Waals surface area (Å²) >= 11 is 1.94. The Kier molecular flexibility index (Phi) is 4.62. The Morgan fingerprint density at radius 3 is 2.96 bits per heavy atom. The van der Waals surface area contributed by atoms with Gasteiger partial charge in [0.1, 0.15) is 5.01 Å². The quantitative estimate of drug-likeness (QED) is 0.886. The van der Waals surface area contributed by atoms with Gasteiger partial charge >= 0.3 is 0 Å². The molecule has 24 heavy (non-hydrogen) atoms. The zero-order valence-electron chi connectivity index (χ0n) is 14.6. The summed E-state index contributed by atoms with van der Waals surface area (Å²) in [6.45, 7) is 5.03. The average molecular weight is 349 g/mol. The van der Waals surface area contributed by atoms with Crippen molar-refractivity contribution < 1.29 is 4.79 Å². The molecule has 3 heterocycles. The van der Waals surface area contributed by atoms with Crippen LogP contribution in [0.4, 0.5) is 0 Å². The number of carbonyl (C=O) groups excluding carboxylic acids is 1. The van der Waals surface area contributed by atoms with Crippen LogP contribution in [-0.2, 0) is 24.2 Å². The van der Waals surface area contributed by atoms with Crippen molar-refractivity contribution in [2.75, 3.05) is 33.2 Å². The van der Waals surface area contributed by atoms with E-state index in [4.69, 9.17) is 4.98 Å². The van der Waals surface area contributed by atoms with E-state index in [0.29, 0.717) is 6.42 Å². The number of hydrogen-bond acceptors (Lipinski definition) is 5. The number of piperazine rings is 1. The van der Waals surface area contributed by atoms with Crippen molar-refractivity contribution in [3.05, 3.63) is 15.6 Å². The fourth-order valence-electron chi connectivity index (χ4n) is 4.48. The fraction of sp³-hybridized carbons (Fsp3) is 0.778. The van der Waals surface area contributed by atoms with Crippen molar-refractivity contribution in [2.24, 2.45) is 0 Å². The molecule has 0 unspecified atom stereocenters. The number of likely N-dealkylation sites (N-methyl/N-ethyl adjacent to an activating group) is 1. The summed E-state index contributed by atoms with van der Waals surface area (Å²) in [7, 11) is 2.23. The lowest BCUT2D eigenvalue weighted by Crippen LogP contribution is -2.60. The predicted octanol–water partition coefficient (Wildman–Crippen LogP) is 1.81. The van der Waals surface area contributed by atoms with E-state index in [-0.39, 0.29) is 11.4 Å². The molecule has 2 aliphatic heterocycles. The number of thiazole rings is 1. The molecule has 0 bridgehead atoms. The van der Waals surface area contributed by atoms with Gasteiger partial charge in [0.2, 0.25) is 5.91 Å². The van der Waals surface area contributed by atoms with Crippen molar-refractivity contribution in [1.29, 1.82) is 0 Å². The van der Waals surface area contributed by atoms with Crippen molar-refractivity contribution in [3.63, 3.8) is 0 Å². The summed E-state index contributed by atoms with van der Waals surface area (Å²) in [5, 5.41) is 4.34. The molecule has 2 saturated heterocycles. The first-order valence-corrected chi connectivity index (χ1v) is 10.1. The van der Waals surface area contributed by atoms with E-state index in [1.165, 1.54) is 41.3 Å². The topological polar surface area (TPSA) is 48.5 Å². The van der Waals surface area contributed by atoms with E-state index in [1.807, 2.05) is 11.3 Å². The van der Waals surface area contributed by atoms with Crippen LogP contribution < -0.4 is 5.32 Å². The molecule has 132 valence electrons. The molecule has 0 saturated carbocycles. The highest BCUT2D eigenvalue weighted by Crippen LogP contribution is 2.32. The lowest BCUT2D eigenvalue weighted by atomic mass is 9.86. The average Bonchev–Trinajstić information content (AvgIpc) is 2.89. The predicted molar refractivity (Wildman–Crippen MR) is 96.3 cm³/mol. The minimum atomic E-state index is 0.147. The zero-order valence-corrected chi connectivity index (χ0v) is 15.5. The number of aryl methyl sites for hydroxylation is 2. The van der Waals surface area contributed by atoms with Crippen molar-refractivity contribution in [1.82, 2.24) is 20.1 Å². The Hall–Kier alpha value is -0.980. The van der Waals surface area contributed by atoms with Crippen LogP contribution in [0.15, 0.2) is 0 Å². The Morgan fingerprint density at radius 1 is 1.21 bits per heavy atom. The molecular weight excluding hydrogens is 320 g/mol. The molecule has 0 aromatic carbocycles. The van der Waals surface area contributed by atoms with Crippen LogP contribution in [-0.4, -0.2) is 59.5 Å². The monoisotopic (exact) mass is 348 g/mol. The largest absolute Gasteiger partial charge is 0.356 e. The molecule has 1 aromatic heterocycles. The van der Waals surface area contributed by atoms with Crippen LogP contribution in [0, 0.1) is 0 Å². The third-order valence-corrected chi connectivity index (χ3v) is 7.20. The maximum Gasteiger partial charge on any atom is 0.220 e. The van der Waals surface area contributed by atoms with E-state index in [9.17, 15) is 4.79 Å². The summed E-state index contributed by atoms with van der Waals surface area (Å²) < 4.78 is 0. The summed E-state index contributed by atoms with van der Waals surface area (Å²) in [6.07, 6.45) is 7.71. The third kappa shape index (κ3) is 3.24. The van der Waals surface area contributed by atoms with E-state index in [2.05, 4.69) is 22.2 Å². The summed E-state index contributed by atoms with van der Waals surface area (Å²) in [4.78, 5) is 23.3. The summed E-state index contributed by atoms with van der Waals surface area (Å²) in [5.74, 6) is 0.213. The van der Waals surface area contributed by atoms with Crippen LogP contribution in [0.2, 0.25) is 0 Å². The van der Waals surface area contributed by atoms with E-state index in [1.54, 1.807) is 0 Å². The van der Waals surface area contributed by atoms with Gasteiger partial charge in [-0.1, -0.05) is 0 Å². The number of nitrogens with zero attached hydrogens (tertiary/aromatic N) is 3. The number of rotatable bonds is 2. The molecule has 2 fully saturated rings. The van der Waals surface area contributed by atoms with Gasteiger partial charge in [0.15, 0.2) is 0 Å². The highest BCUT2D eigenvalue weighted by Gasteiger charge is 2.40. The van der Waals surface area contributed by atoms with Crippen molar-refractivity contribution >= 4 is 17.2 Å². The summed E-state index contributed by atoms with van der Waals surface area (Å²) in [6, 6.07) is 0. The Labute approximate surface area is 148 Å². The molecule has 3 aliphatic rings. The zero-order chi connectivity index (χ0) is 16.6. The molecule has 4 rings (SSSR count). The van der Waals surface area contributed by atoms with Crippen molar-refractivity contribution in [2.45, 2.75) is 57.0 Å². The number of carbonyl (C=O) groups is 1. The molecule has 1 atom stereocenters. The number of nitrogens with one attached hydrogen (secondary N) is 1. The van der Waals surface area contributed by atoms with Gasteiger partial charge in [-0.2, -0.15) is 0 Å². The van der Waals surface area contributed by atoms with Crippen LogP contribution in [0.3, 0.4) is 0 Å². The SMILES string of the molecule is CN1CCN(Cc2nc3c(s2)CCCC3)C[C@]12CCNC(=O)CC2. The second-order valence-electron chi connectivity index (χ2n) is 7.64. The van der Waals surface area contributed by atoms with E-state index >= 15 is 0 Å². The molecule has 1 aliphatic carbocycles.